The van der Waals surface area contributed by atoms with Gasteiger partial charge in [-0.2, -0.15) is 0 Å². The van der Waals surface area contributed by atoms with Crippen molar-refractivity contribution in [2.24, 2.45) is 5.92 Å². The number of rotatable bonds is 6. The Kier molecular flexibility index (Phi) is 7.07. The smallest absolute Gasteiger partial charge is 0.119 e. The summed E-state index contributed by atoms with van der Waals surface area (Å²) >= 11 is 1.80. The summed E-state index contributed by atoms with van der Waals surface area (Å²) in [4.78, 5) is 6.34. The summed E-state index contributed by atoms with van der Waals surface area (Å²) in [7, 11) is 2.22. The number of likely N-dealkylation sites (N-methyl/N-ethyl adjacent to an activating group) is 1. The van der Waals surface area contributed by atoms with Crippen molar-refractivity contribution in [1.82, 2.24) is 9.80 Å². The second-order valence-corrected chi connectivity index (χ2v) is 10.1. The van der Waals surface area contributed by atoms with Crippen LogP contribution in [0.5, 0.6) is 5.75 Å². The number of hydrogen-bond donors (Lipinski definition) is 0. The summed E-state index contributed by atoms with van der Waals surface area (Å²) in [6, 6.07) is 16.5. The van der Waals surface area contributed by atoms with E-state index in [1.54, 1.807) is 11.8 Å². The zero-order valence-electron chi connectivity index (χ0n) is 18.9. The van der Waals surface area contributed by atoms with Gasteiger partial charge in [-0.15, -0.1) is 11.8 Å². The lowest BCUT2D eigenvalue weighted by Crippen LogP contribution is -2.39. The van der Waals surface area contributed by atoms with Crippen molar-refractivity contribution in [1.29, 1.82) is 0 Å². The van der Waals surface area contributed by atoms with E-state index >= 15 is 0 Å². The molecule has 1 unspecified atom stereocenters. The molecule has 4 rings (SSSR count). The number of nitrogens with zero attached hydrogens (tertiary/aromatic N) is 2. The monoisotopic (exact) mass is 424 g/mol. The summed E-state index contributed by atoms with van der Waals surface area (Å²) in [6.45, 7) is 9.92. The van der Waals surface area contributed by atoms with Gasteiger partial charge in [0.05, 0.1) is 6.61 Å². The maximum atomic E-state index is 6.27. The molecular weight excluding hydrogens is 388 g/mol. The van der Waals surface area contributed by atoms with Gasteiger partial charge in [0.2, 0.25) is 0 Å². The van der Waals surface area contributed by atoms with E-state index in [4.69, 9.17) is 4.74 Å². The number of thioether (sulfide) groups is 1. The first kappa shape index (κ1) is 21.7. The molecule has 2 aliphatic heterocycles. The van der Waals surface area contributed by atoms with Crippen molar-refractivity contribution in [3.05, 3.63) is 59.2 Å². The molecular formula is C26H36N2OS. The van der Waals surface area contributed by atoms with E-state index in [1.807, 2.05) is 0 Å². The molecule has 0 aromatic heterocycles. The lowest BCUT2D eigenvalue weighted by molar-refractivity contribution is 0.119. The molecule has 0 aliphatic carbocycles. The summed E-state index contributed by atoms with van der Waals surface area (Å²) in [5.41, 5.74) is 4.28. The molecule has 0 spiro atoms. The van der Waals surface area contributed by atoms with E-state index in [1.165, 1.54) is 47.5 Å². The predicted octanol–water partition coefficient (Wildman–Crippen LogP) is 5.49. The minimum Gasteiger partial charge on any atom is -0.493 e. The topological polar surface area (TPSA) is 15.7 Å². The minimum atomic E-state index is 0.434. The third kappa shape index (κ3) is 5.04. The third-order valence-electron chi connectivity index (χ3n) is 6.81. The maximum Gasteiger partial charge on any atom is 0.119 e. The Hall–Kier alpha value is -1.49. The van der Waals surface area contributed by atoms with Crippen molar-refractivity contribution >= 4 is 11.8 Å². The molecule has 0 amide bonds. The second-order valence-electron chi connectivity index (χ2n) is 9.27. The average molecular weight is 425 g/mol. The van der Waals surface area contributed by atoms with E-state index in [0.717, 1.165) is 25.4 Å². The molecule has 2 heterocycles. The van der Waals surface area contributed by atoms with Crippen molar-refractivity contribution in [3.63, 3.8) is 0 Å². The van der Waals surface area contributed by atoms with Gasteiger partial charge in [0, 0.05) is 29.9 Å². The van der Waals surface area contributed by atoms with E-state index in [9.17, 15) is 0 Å². The molecule has 2 aliphatic rings. The van der Waals surface area contributed by atoms with E-state index in [0.29, 0.717) is 17.9 Å². The van der Waals surface area contributed by atoms with Crippen LogP contribution < -0.4 is 4.74 Å². The lowest BCUT2D eigenvalue weighted by Gasteiger charge is -2.35. The highest BCUT2D eigenvalue weighted by molar-refractivity contribution is 7.98. The summed E-state index contributed by atoms with van der Waals surface area (Å²) < 4.78 is 6.27. The molecule has 30 heavy (non-hydrogen) atoms. The molecule has 1 atom stereocenters. The highest BCUT2D eigenvalue weighted by Gasteiger charge is 2.26. The van der Waals surface area contributed by atoms with Crippen LogP contribution in [-0.4, -0.2) is 55.4 Å². The molecule has 0 saturated carbocycles. The first-order chi connectivity index (χ1) is 14.5. The van der Waals surface area contributed by atoms with E-state index in [2.05, 4.69) is 79.4 Å². The Morgan fingerprint density at radius 1 is 1.07 bits per heavy atom. The Labute approximate surface area is 186 Å². The molecule has 1 saturated heterocycles. The van der Waals surface area contributed by atoms with Gasteiger partial charge in [-0.1, -0.05) is 18.2 Å². The van der Waals surface area contributed by atoms with Gasteiger partial charge >= 0.3 is 0 Å². The fourth-order valence-electron chi connectivity index (χ4n) is 4.89. The second kappa shape index (κ2) is 9.76. The van der Waals surface area contributed by atoms with Crippen molar-refractivity contribution in [2.75, 3.05) is 39.5 Å². The van der Waals surface area contributed by atoms with Gasteiger partial charge in [0.15, 0.2) is 0 Å². The average Bonchev–Trinajstić information content (AvgIpc) is 2.77. The fraction of sp³-hybridized carbons (Fsp3) is 0.538. The van der Waals surface area contributed by atoms with Gasteiger partial charge in [0.1, 0.15) is 5.75 Å². The number of fused-ring (bicyclic) bond motifs is 1. The number of benzene rings is 2. The Morgan fingerprint density at radius 3 is 2.47 bits per heavy atom. The maximum absolute atomic E-state index is 6.27. The summed E-state index contributed by atoms with van der Waals surface area (Å²) in [5.74, 6) is 2.15. The Morgan fingerprint density at radius 2 is 1.80 bits per heavy atom. The van der Waals surface area contributed by atoms with Gasteiger partial charge in [0.25, 0.3) is 0 Å². The van der Waals surface area contributed by atoms with Crippen LogP contribution in [0.4, 0.5) is 0 Å². The highest BCUT2D eigenvalue weighted by Crippen LogP contribution is 2.35. The molecule has 2 aromatic rings. The zero-order valence-corrected chi connectivity index (χ0v) is 19.8. The summed E-state index contributed by atoms with van der Waals surface area (Å²) in [6.07, 6.45) is 4.63. The van der Waals surface area contributed by atoms with Gasteiger partial charge < -0.3 is 14.5 Å². The van der Waals surface area contributed by atoms with Crippen LogP contribution in [0, 0.1) is 5.92 Å². The zero-order chi connectivity index (χ0) is 21.1. The normalized spacial score (nSPS) is 21.0. The van der Waals surface area contributed by atoms with Crippen LogP contribution in [0.2, 0.25) is 0 Å². The van der Waals surface area contributed by atoms with Crippen LogP contribution in [0.1, 0.15) is 49.3 Å². The van der Waals surface area contributed by atoms with E-state index < -0.39 is 0 Å². The Balaban J connectivity index is 1.43. The standard InChI is InChI=1S/C26H36N2OS/c1-19(2)28-13-11-20(12-14-28)18-29-23-7-10-25-22(15-23)16-27(3)17-26(25)21-5-8-24(30-4)9-6-21/h5-10,15,19-20,26H,11-14,16-18H2,1-4H3. The predicted molar refractivity (Wildman–Crippen MR) is 128 cm³/mol. The quantitative estimate of drug-likeness (QED) is 0.570. The molecule has 162 valence electrons. The van der Waals surface area contributed by atoms with Crippen molar-refractivity contribution < 1.29 is 4.74 Å². The van der Waals surface area contributed by atoms with Crippen LogP contribution in [0.25, 0.3) is 0 Å². The molecule has 2 aromatic carbocycles. The molecule has 0 radical (unpaired) electrons. The van der Waals surface area contributed by atoms with Gasteiger partial charge in [-0.3, -0.25) is 0 Å². The summed E-state index contributed by atoms with van der Waals surface area (Å²) in [5, 5.41) is 0. The molecule has 4 heteroatoms. The van der Waals surface area contributed by atoms with Crippen LogP contribution in [0.15, 0.2) is 47.4 Å². The molecule has 1 fully saturated rings. The largest absolute Gasteiger partial charge is 0.493 e. The van der Waals surface area contributed by atoms with Crippen LogP contribution in [0.3, 0.4) is 0 Å². The number of likely N-dealkylation sites (tertiary alicyclic amines) is 1. The first-order valence-corrected chi connectivity index (χ1v) is 12.6. The van der Waals surface area contributed by atoms with Crippen LogP contribution in [-0.2, 0) is 6.54 Å². The SMILES string of the molecule is CSc1ccc(C2CN(C)Cc3cc(OCC4CCN(C(C)C)CC4)ccc32)cc1. The van der Waals surface area contributed by atoms with Gasteiger partial charge in [-0.25, -0.2) is 0 Å². The van der Waals surface area contributed by atoms with Crippen molar-refractivity contribution in [2.45, 2.75) is 50.1 Å². The highest BCUT2D eigenvalue weighted by atomic mass is 32.2. The third-order valence-corrected chi connectivity index (χ3v) is 7.55. The van der Waals surface area contributed by atoms with Crippen molar-refractivity contribution in [3.8, 4) is 5.75 Å². The molecule has 0 bridgehead atoms. The van der Waals surface area contributed by atoms with Gasteiger partial charge in [-0.05, 0) is 100.0 Å². The fourth-order valence-corrected chi connectivity index (χ4v) is 5.29. The van der Waals surface area contributed by atoms with Crippen LogP contribution >= 0.6 is 11.8 Å². The Bertz CT molecular complexity index is 827. The number of ether oxygens (including phenoxy) is 1. The van der Waals surface area contributed by atoms with E-state index in [-0.39, 0.29) is 0 Å². The first-order valence-electron chi connectivity index (χ1n) is 11.4. The minimum absolute atomic E-state index is 0.434. The molecule has 3 nitrogen and oxygen atoms in total. The lowest BCUT2D eigenvalue weighted by atomic mass is 9.85. The number of piperidine rings is 1. The molecule has 0 N–H and O–H groups in total. The number of hydrogen-bond acceptors (Lipinski definition) is 4.